The van der Waals surface area contributed by atoms with Gasteiger partial charge in [0.25, 0.3) is 11.8 Å². The molecule has 8 heteroatoms. The van der Waals surface area contributed by atoms with Crippen molar-refractivity contribution in [1.29, 1.82) is 0 Å². The molecule has 0 radical (unpaired) electrons. The fourth-order valence-corrected chi connectivity index (χ4v) is 3.53. The Labute approximate surface area is 158 Å². The van der Waals surface area contributed by atoms with E-state index in [2.05, 4.69) is 4.98 Å². The number of benzene rings is 2. The second-order valence-corrected chi connectivity index (χ2v) is 6.82. The largest absolute Gasteiger partial charge is 0.352 e. The zero-order valence-corrected chi connectivity index (χ0v) is 15.2. The van der Waals surface area contributed by atoms with Crippen LogP contribution in [0, 0.1) is 0 Å². The van der Waals surface area contributed by atoms with Crippen LogP contribution in [0.2, 0.25) is 0 Å². The molecule has 136 valence electrons. The summed E-state index contributed by atoms with van der Waals surface area (Å²) in [5.41, 5.74) is 2.02. The number of carbonyl (C=O) groups is 3. The SMILES string of the molecule is CSCc1nc2ccccc2n1CC(=O)ON1C(=O)c2ccccc2C1=O. The third-order valence-corrected chi connectivity index (χ3v) is 4.79. The maximum atomic E-state index is 12.5. The minimum Gasteiger partial charge on any atom is -0.328 e. The number of hydroxylamine groups is 2. The Balaban J connectivity index is 1.57. The molecule has 0 spiro atoms. The summed E-state index contributed by atoms with van der Waals surface area (Å²) < 4.78 is 1.74. The summed E-state index contributed by atoms with van der Waals surface area (Å²) in [6.07, 6.45) is 1.95. The quantitative estimate of drug-likeness (QED) is 0.632. The van der Waals surface area contributed by atoms with Crippen LogP contribution >= 0.6 is 11.8 Å². The van der Waals surface area contributed by atoms with E-state index in [1.54, 1.807) is 28.5 Å². The van der Waals surface area contributed by atoms with E-state index in [-0.39, 0.29) is 17.7 Å². The van der Waals surface area contributed by atoms with Crippen molar-refractivity contribution >= 4 is 40.6 Å². The molecule has 0 N–H and O–H groups in total. The lowest BCUT2D eigenvalue weighted by Gasteiger charge is -2.14. The molecule has 0 saturated carbocycles. The van der Waals surface area contributed by atoms with E-state index < -0.39 is 17.8 Å². The van der Waals surface area contributed by atoms with Gasteiger partial charge in [-0.25, -0.2) is 9.78 Å². The predicted molar refractivity (Wildman–Crippen MR) is 100.0 cm³/mol. The number of fused-ring (bicyclic) bond motifs is 2. The highest BCUT2D eigenvalue weighted by molar-refractivity contribution is 7.97. The van der Waals surface area contributed by atoms with Crippen LogP contribution in [0.15, 0.2) is 48.5 Å². The van der Waals surface area contributed by atoms with Crippen molar-refractivity contribution in [3.63, 3.8) is 0 Å². The number of imidazole rings is 1. The van der Waals surface area contributed by atoms with Crippen molar-refractivity contribution in [2.75, 3.05) is 6.26 Å². The highest BCUT2D eigenvalue weighted by Crippen LogP contribution is 2.23. The number of amides is 2. The lowest BCUT2D eigenvalue weighted by atomic mass is 10.1. The van der Waals surface area contributed by atoms with Gasteiger partial charge in [0.2, 0.25) is 0 Å². The summed E-state index contributed by atoms with van der Waals surface area (Å²) in [4.78, 5) is 46.8. The lowest BCUT2D eigenvalue weighted by Crippen LogP contribution is -2.34. The maximum Gasteiger partial charge on any atom is 0.352 e. The van der Waals surface area contributed by atoms with Gasteiger partial charge in [0.15, 0.2) is 0 Å². The molecule has 2 amide bonds. The second-order valence-electron chi connectivity index (χ2n) is 5.95. The van der Waals surface area contributed by atoms with Crippen LogP contribution in [0.4, 0.5) is 0 Å². The van der Waals surface area contributed by atoms with E-state index >= 15 is 0 Å². The van der Waals surface area contributed by atoms with E-state index in [1.807, 2.05) is 30.5 Å². The molecular formula is C19H15N3O4S. The Morgan fingerprint density at radius 3 is 2.33 bits per heavy atom. The average molecular weight is 381 g/mol. The molecule has 3 aromatic rings. The lowest BCUT2D eigenvalue weighted by molar-refractivity contribution is -0.169. The molecule has 27 heavy (non-hydrogen) atoms. The van der Waals surface area contributed by atoms with Crippen molar-refractivity contribution in [3.8, 4) is 0 Å². The smallest absolute Gasteiger partial charge is 0.328 e. The molecule has 2 heterocycles. The van der Waals surface area contributed by atoms with Gasteiger partial charge >= 0.3 is 5.97 Å². The van der Waals surface area contributed by atoms with Crippen LogP contribution in [-0.4, -0.2) is 38.7 Å². The Kier molecular flexibility index (Phi) is 4.41. The standard InChI is InChI=1S/C19H15N3O4S/c1-27-11-16-20-14-8-4-5-9-15(14)21(16)10-17(23)26-22-18(24)12-6-2-3-7-13(12)19(22)25/h2-9H,10-11H2,1H3. The summed E-state index contributed by atoms with van der Waals surface area (Å²) in [5.74, 6) is -0.639. The minimum absolute atomic E-state index is 0.149. The predicted octanol–water partition coefficient (Wildman–Crippen LogP) is 2.65. The zero-order valence-electron chi connectivity index (χ0n) is 14.4. The van der Waals surface area contributed by atoms with Crippen LogP contribution in [0.25, 0.3) is 11.0 Å². The number of carbonyl (C=O) groups excluding carboxylic acids is 3. The first-order valence-corrected chi connectivity index (χ1v) is 9.61. The molecule has 2 aromatic carbocycles. The number of hydrogen-bond acceptors (Lipinski definition) is 6. The van der Waals surface area contributed by atoms with Crippen molar-refractivity contribution in [3.05, 3.63) is 65.5 Å². The van der Waals surface area contributed by atoms with Gasteiger partial charge in [0.1, 0.15) is 12.4 Å². The summed E-state index contributed by atoms with van der Waals surface area (Å²) in [5, 5.41) is 0.528. The molecule has 4 rings (SSSR count). The average Bonchev–Trinajstić information content (AvgIpc) is 3.13. The summed E-state index contributed by atoms with van der Waals surface area (Å²) in [7, 11) is 0. The van der Waals surface area contributed by atoms with Gasteiger partial charge in [-0.3, -0.25) is 9.59 Å². The van der Waals surface area contributed by atoms with Crippen molar-refractivity contribution in [2.45, 2.75) is 12.3 Å². The maximum absolute atomic E-state index is 12.5. The fraction of sp³-hybridized carbons (Fsp3) is 0.158. The van der Waals surface area contributed by atoms with E-state index in [0.717, 1.165) is 16.9 Å². The van der Waals surface area contributed by atoms with E-state index in [9.17, 15) is 14.4 Å². The highest BCUT2D eigenvalue weighted by atomic mass is 32.2. The van der Waals surface area contributed by atoms with E-state index in [0.29, 0.717) is 10.8 Å². The van der Waals surface area contributed by atoms with Gasteiger partial charge in [-0.1, -0.05) is 29.3 Å². The van der Waals surface area contributed by atoms with Gasteiger partial charge in [-0.05, 0) is 30.5 Å². The molecule has 0 saturated heterocycles. The fourth-order valence-electron chi connectivity index (χ4n) is 3.05. The monoisotopic (exact) mass is 381 g/mol. The Hall–Kier alpha value is -3.13. The number of nitrogens with zero attached hydrogens (tertiary/aromatic N) is 3. The number of imide groups is 1. The highest BCUT2D eigenvalue weighted by Gasteiger charge is 2.38. The second kappa shape index (κ2) is 6.88. The summed E-state index contributed by atoms with van der Waals surface area (Å²) in [6.45, 7) is -0.149. The summed E-state index contributed by atoms with van der Waals surface area (Å²) >= 11 is 1.58. The first kappa shape index (κ1) is 17.3. The number of hydrogen-bond donors (Lipinski definition) is 0. The number of thioether (sulfide) groups is 1. The molecule has 1 aromatic heterocycles. The van der Waals surface area contributed by atoms with Crippen LogP contribution in [0.1, 0.15) is 26.5 Å². The molecule has 0 unspecified atom stereocenters. The summed E-state index contributed by atoms with van der Waals surface area (Å²) in [6, 6.07) is 13.8. The molecule has 0 fully saturated rings. The minimum atomic E-state index is -0.713. The van der Waals surface area contributed by atoms with Gasteiger partial charge in [0.05, 0.1) is 27.9 Å². The Morgan fingerprint density at radius 2 is 1.67 bits per heavy atom. The van der Waals surface area contributed by atoms with Crippen LogP contribution in [0.3, 0.4) is 0 Å². The van der Waals surface area contributed by atoms with Gasteiger partial charge in [-0.15, -0.1) is 0 Å². The molecule has 7 nitrogen and oxygen atoms in total. The van der Waals surface area contributed by atoms with E-state index in [1.165, 1.54) is 12.1 Å². The molecule has 0 aliphatic carbocycles. The first-order chi connectivity index (χ1) is 13.1. The van der Waals surface area contributed by atoms with Crippen LogP contribution in [-0.2, 0) is 21.9 Å². The number of para-hydroxylation sites is 2. The number of rotatable bonds is 5. The van der Waals surface area contributed by atoms with Gasteiger partial charge in [-0.2, -0.15) is 11.8 Å². The molecular weight excluding hydrogens is 366 g/mol. The Bertz CT molecular complexity index is 1040. The molecule has 0 atom stereocenters. The molecule has 0 bridgehead atoms. The first-order valence-electron chi connectivity index (χ1n) is 8.22. The van der Waals surface area contributed by atoms with Crippen molar-refractivity contribution in [1.82, 2.24) is 14.6 Å². The third-order valence-electron chi connectivity index (χ3n) is 4.24. The van der Waals surface area contributed by atoms with Gasteiger partial charge in [0, 0.05) is 0 Å². The van der Waals surface area contributed by atoms with Gasteiger partial charge < -0.3 is 9.40 Å². The van der Waals surface area contributed by atoms with Crippen molar-refractivity contribution in [2.24, 2.45) is 0 Å². The zero-order chi connectivity index (χ0) is 19.0. The number of aromatic nitrogens is 2. The normalized spacial score (nSPS) is 13.3. The van der Waals surface area contributed by atoms with Crippen LogP contribution in [0.5, 0.6) is 0 Å². The molecule has 1 aliphatic heterocycles. The Morgan fingerprint density at radius 1 is 1.04 bits per heavy atom. The third kappa shape index (κ3) is 2.97. The molecule has 1 aliphatic rings. The van der Waals surface area contributed by atoms with Crippen LogP contribution < -0.4 is 0 Å². The topological polar surface area (TPSA) is 81.5 Å². The van der Waals surface area contributed by atoms with E-state index in [4.69, 9.17) is 4.84 Å². The van der Waals surface area contributed by atoms with Crippen molar-refractivity contribution < 1.29 is 19.2 Å².